The molecule has 1 aliphatic heterocycles. The molecule has 1 fully saturated rings. The Kier molecular flexibility index (Phi) is 4.76. The number of anilines is 2. The van der Waals surface area contributed by atoms with E-state index in [0.717, 1.165) is 11.3 Å². The van der Waals surface area contributed by atoms with Gasteiger partial charge in [0.1, 0.15) is 5.82 Å². The van der Waals surface area contributed by atoms with Gasteiger partial charge in [0.25, 0.3) is 5.91 Å². The summed E-state index contributed by atoms with van der Waals surface area (Å²) in [4.78, 5) is 18.4. The van der Waals surface area contributed by atoms with E-state index in [4.69, 9.17) is 0 Å². The number of hydrogen-bond donors (Lipinski definition) is 1. The highest BCUT2D eigenvalue weighted by molar-refractivity contribution is 7.91. The van der Waals surface area contributed by atoms with Crippen LogP contribution >= 0.6 is 0 Å². The fourth-order valence-electron chi connectivity index (χ4n) is 2.94. The zero-order chi connectivity index (χ0) is 18.0. The summed E-state index contributed by atoms with van der Waals surface area (Å²) in [5, 5.41) is 2.77. The molecule has 3 rings (SSSR count). The van der Waals surface area contributed by atoms with Crippen molar-refractivity contribution in [1.82, 2.24) is 4.98 Å². The predicted octanol–water partition coefficient (Wildman–Crippen LogP) is 2.27. The molecule has 6 nitrogen and oxygen atoms in total. The number of rotatable bonds is 4. The number of sulfone groups is 1. The van der Waals surface area contributed by atoms with Crippen molar-refractivity contribution < 1.29 is 13.2 Å². The first kappa shape index (κ1) is 17.4. The summed E-state index contributed by atoms with van der Waals surface area (Å²) in [6, 6.07) is 10.9. The van der Waals surface area contributed by atoms with Crippen molar-refractivity contribution in [2.75, 3.05) is 28.8 Å². The monoisotopic (exact) mass is 359 g/mol. The maximum Gasteiger partial charge on any atom is 0.256 e. The van der Waals surface area contributed by atoms with E-state index >= 15 is 0 Å². The third-order valence-electron chi connectivity index (χ3n) is 4.43. The van der Waals surface area contributed by atoms with Crippen molar-refractivity contribution in [3.8, 4) is 0 Å². The number of aryl methyl sites for hydroxylation is 1. The van der Waals surface area contributed by atoms with Gasteiger partial charge in [-0.2, -0.15) is 0 Å². The third-order valence-corrected chi connectivity index (χ3v) is 6.18. The molecule has 1 saturated heterocycles. The summed E-state index contributed by atoms with van der Waals surface area (Å²) >= 11 is 0. The van der Waals surface area contributed by atoms with Crippen LogP contribution in [-0.4, -0.2) is 43.9 Å². The van der Waals surface area contributed by atoms with Crippen LogP contribution in [0.15, 0.2) is 42.6 Å². The van der Waals surface area contributed by atoms with E-state index in [0.29, 0.717) is 17.8 Å². The average molecular weight is 359 g/mol. The van der Waals surface area contributed by atoms with Crippen LogP contribution in [0, 0.1) is 6.92 Å². The van der Waals surface area contributed by atoms with Gasteiger partial charge in [0.15, 0.2) is 9.84 Å². The number of aromatic nitrogens is 1. The van der Waals surface area contributed by atoms with E-state index in [1.807, 2.05) is 43.1 Å². The van der Waals surface area contributed by atoms with Gasteiger partial charge in [-0.3, -0.25) is 4.79 Å². The van der Waals surface area contributed by atoms with E-state index in [1.54, 1.807) is 18.3 Å². The summed E-state index contributed by atoms with van der Waals surface area (Å²) in [6.45, 7) is 1.93. The van der Waals surface area contributed by atoms with Crippen LogP contribution in [0.5, 0.6) is 0 Å². The fourth-order valence-corrected chi connectivity index (χ4v) is 4.71. The molecular weight excluding hydrogens is 338 g/mol. The number of pyridine rings is 1. The van der Waals surface area contributed by atoms with E-state index < -0.39 is 9.84 Å². The Morgan fingerprint density at radius 1 is 1.28 bits per heavy atom. The van der Waals surface area contributed by atoms with E-state index in [-0.39, 0.29) is 23.5 Å². The minimum Gasteiger partial charge on any atom is -0.369 e. The Labute approximate surface area is 147 Å². The van der Waals surface area contributed by atoms with Crippen molar-refractivity contribution in [2.45, 2.75) is 19.4 Å². The lowest BCUT2D eigenvalue weighted by molar-refractivity contribution is 0.102. The minimum absolute atomic E-state index is 0.0282. The largest absolute Gasteiger partial charge is 0.369 e. The Bertz CT molecular complexity index is 879. The van der Waals surface area contributed by atoms with Gasteiger partial charge in [0, 0.05) is 18.7 Å². The lowest BCUT2D eigenvalue weighted by Gasteiger charge is -2.25. The van der Waals surface area contributed by atoms with Crippen molar-refractivity contribution >= 4 is 27.2 Å². The molecule has 25 heavy (non-hydrogen) atoms. The minimum atomic E-state index is -2.93. The van der Waals surface area contributed by atoms with Crippen molar-refractivity contribution in [1.29, 1.82) is 0 Å². The van der Waals surface area contributed by atoms with Gasteiger partial charge >= 0.3 is 0 Å². The fraction of sp³-hybridized carbons (Fsp3) is 0.333. The summed E-state index contributed by atoms with van der Waals surface area (Å²) in [5.41, 5.74) is 2.43. The molecule has 132 valence electrons. The summed E-state index contributed by atoms with van der Waals surface area (Å²) < 4.78 is 23.2. The molecule has 1 amide bonds. The summed E-state index contributed by atoms with van der Waals surface area (Å²) in [7, 11) is -1.06. The quantitative estimate of drug-likeness (QED) is 0.906. The highest BCUT2D eigenvalue weighted by Gasteiger charge is 2.30. The second-order valence-electron chi connectivity index (χ2n) is 6.39. The first-order chi connectivity index (χ1) is 11.8. The molecule has 1 aromatic carbocycles. The second kappa shape index (κ2) is 6.84. The standard InChI is InChI=1S/C18H21N3O3S/c1-13-4-3-5-14(10-13)18(22)20-17-7-6-15(11-19-17)21(2)16-8-9-25(23,24)12-16/h3-7,10-11,16H,8-9,12H2,1-2H3,(H,19,20,22). The number of amides is 1. The van der Waals surface area contributed by atoms with Crippen LogP contribution < -0.4 is 10.2 Å². The van der Waals surface area contributed by atoms with Crippen molar-refractivity contribution in [2.24, 2.45) is 0 Å². The van der Waals surface area contributed by atoms with Crippen LogP contribution in [0.2, 0.25) is 0 Å². The summed E-state index contributed by atoms with van der Waals surface area (Å²) in [5.74, 6) is 0.664. The number of carbonyl (C=O) groups excluding carboxylic acids is 1. The normalized spacial score (nSPS) is 18.7. The molecule has 1 aromatic heterocycles. The third kappa shape index (κ3) is 4.17. The highest BCUT2D eigenvalue weighted by Crippen LogP contribution is 2.23. The maximum atomic E-state index is 12.2. The molecule has 0 spiro atoms. The maximum absolute atomic E-state index is 12.2. The van der Waals surface area contributed by atoms with Gasteiger partial charge in [-0.1, -0.05) is 17.7 Å². The number of benzene rings is 1. The van der Waals surface area contributed by atoms with Crippen molar-refractivity contribution in [3.63, 3.8) is 0 Å². The molecule has 7 heteroatoms. The average Bonchev–Trinajstić information content (AvgIpc) is 2.95. The zero-order valence-corrected chi connectivity index (χ0v) is 15.1. The number of hydrogen-bond acceptors (Lipinski definition) is 5. The summed E-state index contributed by atoms with van der Waals surface area (Å²) in [6.07, 6.45) is 2.28. The molecule has 0 saturated carbocycles. The van der Waals surface area contributed by atoms with Crippen LogP contribution in [0.1, 0.15) is 22.3 Å². The Morgan fingerprint density at radius 2 is 2.08 bits per heavy atom. The number of nitrogens with zero attached hydrogens (tertiary/aromatic N) is 2. The second-order valence-corrected chi connectivity index (χ2v) is 8.62. The predicted molar refractivity (Wildman–Crippen MR) is 98.8 cm³/mol. The van der Waals surface area contributed by atoms with Crippen LogP contribution in [0.3, 0.4) is 0 Å². The zero-order valence-electron chi connectivity index (χ0n) is 14.3. The number of nitrogens with one attached hydrogen (secondary N) is 1. The molecule has 0 bridgehead atoms. The molecule has 0 aliphatic carbocycles. The van der Waals surface area contributed by atoms with Crippen LogP contribution in [-0.2, 0) is 9.84 Å². The van der Waals surface area contributed by atoms with E-state index in [2.05, 4.69) is 10.3 Å². The van der Waals surface area contributed by atoms with Gasteiger partial charge in [-0.25, -0.2) is 13.4 Å². The Balaban J connectivity index is 1.67. The van der Waals surface area contributed by atoms with Crippen LogP contribution in [0.4, 0.5) is 11.5 Å². The van der Waals surface area contributed by atoms with Crippen LogP contribution in [0.25, 0.3) is 0 Å². The smallest absolute Gasteiger partial charge is 0.256 e. The molecular formula is C18H21N3O3S. The van der Waals surface area contributed by atoms with Gasteiger partial charge < -0.3 is 10.2 Å². The SMILES string of the molecule is Cc1cccc(C(=O)Nc2ccc(N(C)C3CCS(=O)(=O)C3)cn2)c1. The van der Waals surface area contributed by atoms with Gasteiger partial charge in [-0.15, -0.1) is 0 Å². The molecule has 2 aromatic rings. The molecule has 1 atom stereocenters. The first-order valence-corrected chi connectivity index (χ1v) is 9.93. The molecule has 0 radical (unpaired) electrons. The van der Waals surface area contributed by atoms with E-state index in [1.165, 1.54) is 0 Å². The molecule has 1 aliphatic rings. The Morgan fingerprint density at radius 3 is 2.68 bits per heavy atom. The lowest BCUT2D eigenvalue weighted by atomic mass is 10.1. The van der Waals surface area contributed by atoms with Crippen molar-refractivity contribution in [3.05, 3.63) is 53.7 Å². The number of carbonyl (C=O) groups is 1. The van der Waals surface area contributed by atoms with E-state index in [9.17, 15) is 13.2 Å². The van der Waals surface area contributed by atoms with Gasteiger partial charge in [0.05, 0.1) is 23.4 Å². The molecule has 1 N–H and O–H groups in total. The lowest BCUT2D eigenvalue weighted by Crippen LogP contribution is -2.32. The topological polar surface area (TPSA) is 79.4 Å². The van der Waals surface area contributed by atoms with Gasteiger partial charge in [0.2, 0.25) is 0 Å². The highest BCUT2D eigenvalue weighted by atomic mass is 32.2. The Hall–Kier alpha value is -2.41. The van der Waals surface area contributed by atoms with Gasteiger partial charge in [-0.05, 0) is 37.6 Å². The first-order valence-electron chi connectivity index (χ1n) is 8.11. The molecule has 2 heterocycles. The molecule has 1 unspecified atom stereocenters.